The van der Waals surface area contributed by atoms with Gasteiger partial charge in [-0.05, 0) is 35.4 Å². The fourth-order valence-electron chi connectivity index (χ4n) is 2.74. The number of amides is 1. The number of fused-ring (bicyclic) bond motifs is 2. The second kappa shape index (κ2) is 5.89. The SMILES string of the molecule is Cc1ccc(Cl)c2sc(NC(=O)c3cccc4ccccc34)nc12. The number of hydrogen-bond acceptors (Lipinski definition) is 3. The van der Waals surface area contributed by atoms with Crippen molar-refractivity contribution >= 4 is 55.0 Å². The normalized spacial score (nSPS) is 11.1. The second-order valence-corrected chi connectivity index (χ2v) is 6.95. The van der Waals surface area contributed by atoms with Crippen LogP contribution in [0.3, 0.4) is 0 Å². The number of aromatic nitrogens is 1. The molecule has 0 atom stereocenters. The van der Waals surface area contributed by atoms with Gasteiger partial charge in [0.2, 0.25) is 0 Å². The zero-order valence-electron chi connectivity index (χ0n) is 12.8. The summed E-state index contributed by atoms with van der Waals surface area (Å²) in [5.74, 6) is -0.167. The van der Waals surface area contributed by atoms with Gasteiger partial charge >= 0.3 is 0 Å². The molecule has 4 rings (SSSR count). The third-order valence-corrected chi connectivity index (χ3v) is 5.38. The summed E-state index contributed by atoms with van der Waals surface area (Å²) >= 11 is 7.62. The summed E-state index contributed by atoms with van der Waals surface area (Å²) in [6.45, 7) is 1.98. The largest absolute Gasteiger partial charge is 0.298 e. The van der Waals surface area contributed by atoms with Gasteiger partial charge in [0.25, 0.3) is 5.91 Å². The van der Waals surface area contributed by atoms with Gasteiger partial charge in [0.1, 0.15) is 0 Å². The van der Waals surface area contributed by atoms with Gasteiger partial charge in [0.15, 0.2) is 5.13 Å². The van der Waals surface area contributed by atoms with E-state index in [0.29, 0.717) is 15.7 Å². The number of carbonyl (C=O) groups is 1. The first kappa shape index (κ1) is 15.1. The Morgan fingerprint density at radius 1 is 1.08 bits per heavy atom. The number of carbonyl (C=O) groups excluding carboxylic acids is 1. The molecule has 1 aromatic heterocycles. The van der Waals surface area contributed by atoms with Gasteiger partial charge in [-0.3, -0.25) is 10.1 Å². The number of nitrogens with one attached hydrogen (secondary N) is 1. The lowest BCUT2D eigenvalue weighted by Crippen LogP contribution is -2.12. The number of halogens is 1. The molecule has 3 nitrogen and oxygen atoms in total. The van der Waals surface area contributed by atoms with E-state index in [1.807, 2.05) is 61.5 Å². The van der Waals surface area contributed by atoms with Crippen LogP contribution in [-0.4, -0.2) is 10.9 Å². The zero-order valence-corrected chi connectivity index (χ0v) is 14.4. The molecular formula is C19H13ClN2OS. The monoisotopic (exact) mass is 352 g/mol. The molecule has 0 bridgehead atoms. The van der Waals surface area contributed by atoms with Gasteiger partial charge in [0.05, 0.1) is 15.2 Å². The van der Waals surface area contributed by atoms with E-state index in [9.17, 15) is 4.79 Å². The van der Waals surface area contributed by atoms with Crippen LogP contribution in [0.25, 0.3) is 21.0 Å². The Kier molecular flexibility index (Phi) is 3.71. The van der Waals surface area contributed by atoms with Crippen LogP contribution in [0.15, 0.2) is 54.6 Å². The van der Waals surface area contributed by atoms with E-state index >= 15 is 0 Å². The lowest BCUT2D eigenvalue weighted by atomic mass is 10.0. The van der Waals surface area contributed by atoms with E-state index in [0.717, 1.165) is 26.6 Å². The van der Waals surface area contributed by atoms with Crippen molar-refractivity contribution in [2.24, 2.45) is 0 Å². The average Bonchev–Trinajstić information content (AvgIpc) is 3.03. The Hall–Kier alpha value is -2.43. The number of benzene rings is 3. The van der Waals surface area contributed by atoms with Crippen molar-refractivity contribution < 1.29 is 4.79 Å². The van der Waals surface area contributed by atoms with Gasteiger partial charge in [-0.2, -0.15) is 0 Å². The molecule has 118 valence electrons. The van der Waals surface area contributed by atoms with Crippen LogP contribution in [0.5, 0.6) is 0 Å². The maximum Gasteiger partial charge on any atom is 0.258 e. The Morgan fingerprint density at radius 3 is 2.71 bits per heavy atom. The third kappa shape index (κ3) is 2.54. The molecule has 4 aromatic rings. The highest BCUT2D eigenvalue weighted by Crippen LogP contribution is 2.34. The molecule has 0 saturated carbocycles. The van der Waals surface area contributed by atoms with E-state index in [1.165, 1.54) is 11.3 Å². The molecule has 0 fully saturated rings. The van der Waals surface area contributed by atoms with Crippen LogP contribution >= 0.6 is 22.9 Å². The number of nitrogens with zero attached hydrogens (tertiary/aromatic N) is 1. The van der Waals surface area contributed by atoms with Crippen molar-refractivity contribution in [2.45, 2.75) is 6.92 Å². The number of hydrogen-bond donors (Lipinski definition) is 1. The highest BCUT2D eigenvalue weighted by Gasteiger charge is 2.14. The molecule has 0 saturated heterocycles. The Labute approximate surface area is 147 Å². The van der Waals surface area contributed by atoms with Crippen LogP contribution in [0.4, 0.5) is 5.13 Å². The Bertz CT molecular complexity index is 1040. The smallest absolute Gasteiger partial charge is 0.258 e. The van der Waals surface area contributed by atoms with Crippen molar-refractivity contribution in [3.8, 4) is 0 Å². The summed E-state index contributed by atoms with van der Waals surface area (Å²) in [5, 5.41) is 6.07. The van der Waals surface area contributed by atoms with Crippen LogP contribution in [0.2, 0.25) is 5.02 Å². The van der Waals surface area contributed by atoms with Gasteiger partial charge < -0.3 is 0 Å². The van der Waals surface area contributed by atoms with Gasteiger partial charge in [-0.15, -0.1) is 0 Å². The predicted molar refractivity (Wildman–Crippen MR) is 101 cm³/mol. The molecule has 24 heavy (non-hydrogen) atoms. The van der Waals surface area contributed by atoms with E-state index in [1.54, 1.807) is 0 Å². The fraction of sp³-hybridized carbons (Fsp3) is 0.0526. The van der Waals surface area contributed by atoms with Crippen molar-refractivity contribution in [1.29, 1.82) is 0 Å². The highest BCUT2D eigenvalue weighted by atomic mass is 35.5. The molecule has 1 heterocycles. The molecule has 0 aliphatic heterocycles. The number of rotatable bonds is 2. The topological polar surface area (TPSA) is 42.0 Å². The first-order valence-corrected chi connectivity index (χ1v) is 8.68. The second-order valence-electron chi connectivity index (χ2n) is 5.54. The summed E-state index contributed by atoms with van der Waals surface area (Å²) in [4.78, 5) is 17.2. The van der Waals surface area contributed by atoms with Crippen LogP contribution < -0.4 is 5.32 Å². The summed E-state index contributed by atoms with van der Waals surface area (Å²) in [6, 6.07) is 17.3. The molecule has 5 heteroatoms. The molecule has 0 aliphatic rings. The van der Waals surface area contributed by atoms with Crippen molar-refractivity contribution in [1.82, 2.24) is 4.98 Å². The Morgan fingerprint density at radius 2 is 1.88 bits per heavy atom. The standard InChI is InChI=1S/C19H13ClN2OS/c1-11-9-10-15(20)17-16(11)21-19(24-17)22-18(23)14-8-4-6-12-5-2-3-7-13(12)14/h2-10H,1H3,(H,21,22,23). The minimum Gasteiger partial charge on any atom is -0.298 e. The minimum atomic E-state index is -0.167. The molecular weight excluding hydrogens is 340 g/mol. The lowest BCUT2D eigenvalue weighted by Gasteiger charge is -2.05. The minimum absolute atomic E-state index is 0.167. The van der Waals surface area contributed by atoms with E-state index in [4.69, 9.17) is 11.6 Å². The molecule has 0 unspecified atom stereocenters. The summed E-state index contributed by atoms with van der Waals surface area (Å²) < 4.78 is 0.893. The van der Waals surface area contributed by atoms with Crippen LogP contribution in [-0.2, 0) is 0 Å². The van der Waals surface area contributed by atoms with Crippen molar-refractivity contribution in [2.75, 3.05) is 5.32 Å². The van der Waals surface area contributed by atoms with Crippen molar-refractivity contribution in [3.63, 3.8) is 0 Å². The van der Waals surface area contributed by atoms with E-state index < -0.39 is 0 Å². The van der Waals surface area contributed by atoms with Gasteiger partial charge in [-0.1, -0.05) is 65.4 Å². The zero-order chi connectivity index (χ0) is 16.7. The maximum absolute atomic E-state index is 12.7. The van der Waals surface area contributed by atoms with E-state index in [-0.39, 0.29) is 5.91 Å². The number of thiazole rings is 1. The summed E-state index contributed by atoms with van der Waals surface area (Å²) in [7, 11) is 0. The van der Waals surface area contributed by atoms with Gasteiger partial charge in [-0.25, -0.2) is 4.98 Å². The van der Waals surface area contributed by atoms with Crippen LogP contribution in [0.1, 0.15) is 15.9 Å². The molecule has 0 aliphatic carbocycles. The molecule has 1 N–H and O–H groups in total. The molecule has 0 radical (unpaired) electrons. The highest BCUT2D eigenvalue weighted by molar-refractivity contribution is 7.23. The number of anilines is 1. The fourth-order valence-corrected chi connectivity index (χ4v) is 3.95. The average molecular weight is 353 g/mol. The van der Waals surface area contributed by atoms with E-state index in [2.05, 4.69) is 10.3 Å². The first-order valence-electron chi connectivity index (χ1n) is 7.48. The molecule has 1 amide bonds. The van der Waals surface area contributed by atoms with Crippen molar-refractivity contribution in [3.05, 3.63) is 70.7 Å². The summed E-state index contributed by atoms with van der Waals surface area (Å²) in [5.41, 5.74) is 2.51. The molecule has 0 spiro atoms. The molecule has 3 aromatic carbocycles. The first-order chi connectivity index (χ1) is 11.6. The predicted octanol–water partition coefficient (Wildman–Crippen LogP) is 5.66. The quantitative estimate of drug-likeness (QED) is 0.505. The van der Waals surface area contributed by atoms with Crippen LogP contribution in [0, 0.1) is 6.92 Å². The van der Waals surface area contributed by atoms with Gasteiger partial charge in [0, 0.05) is 5.56 Å². The Balaban J connectivity index is 1.74. The number of aryl methyl sites for hydroxylation is 1. The summed E-state index contributed by atoms with van der Waals surface area (Å²) in [6.07, 6.45) is 0. The maximum atomic E-state index is 12.7. The lowest BCUT2D eigenvalue weighted by molar-refractivity contribution is 0.102. The third-order valence-electron chi connectivity index (χ3n) is 3.95.